The Bertz CT molecular complexity index is 530. The van der Waals surface area contributed by atoms with Gasteiger partial charge in [0.15, 0.2) is 5.78 Å². The van der Waals surface area contributed by atoms with Gasteiger partial charge in [0.2, 0.25) is 17.7 Å². The summed E-state index contributed by atoms with van der Waals surface area (Å²) in [5, 5.41) is 2.94. The molecule has 0 aromatic rings. The van der Waals surface area contributed by atoms with E-state index in [1.54, 1.807) is 21.6 Å². The average molecular weight is 417 g/mol. The number of carbonyl (C=O) groups is 4. The Balaban J connectivity index is 2.06. The summed E-state index contributed by atoms with van der Waals surface area (Å²) < 4.78 is 0.188. The molecular formula is C19H32N2O4S2. The zero-order valence-electron chi connectivity index (χ0n) is 16.8. The van der Waals surface area contributed by atoms with Crippen LogP contribution >= 0.6 is 21.6 Å². The Morgan fingerprint density at radius 2 is 1.74 bits per heavy atom. The first-order valence-corrected chi connectivity index (χ1v) is 11.9. The molecule has 0 spiro atoms. The normalized spacial score (nSPS) is 15.9. The molecule has 1 unspecified atom stereocenters. The lowest BCUT2D eigenvalue weighted by atomic mass is 10.1. The standard InChI is InChI=1S/C19H32N2O4S2/c1-14(13-26-27-19(2,3)4)18(25)20-11-7-5-6-8-15(22)12-21-16(23)9-10-17(21)24/h14H,5-13H2,1-4H3,(H,20,25). The average Bonchev–Trinajstić information content (AvgIpc) is 2.88. The van der Waals surface area contributed by atoms with Gasteiger partial charge in [-0.1, -0.05) is 55.7 Å². The predicted octanol–water partition coefficient (Wildman–Crippen LogP) is 3.20. The Kier molecular flexibility index (Phi) is 10.4. The molecule has 0 aromatic carbocycles. The van der Waals surface area contributed by atoms with Gasteiger partial charge in [-0.05, 0) is 12.8 Å². The van der Waals surface area contributed by atoms with Gasteiger partial charge in [-0.3, -0.25) is 24.1 Å². The number of nitrogens with one attached hydrogen (secondary N) is 1. The molecule has 1 aliphatic heterocycles. The molecule has 1 atom stereocenters. The molecule has 8 heteroatoms. The number of Topliss-reactive ketones (excluding diaryl/α,β-unsaturated/α-hetero) is 1. The molecular weight excluding hydrogens is 384 g/mol. The Hall–Kier alpha value is -1.02. The highest BCUT2D eigenvalue weighted by molar-refractivity contribution is 8.77. The van der Waals surface area contributed by atoms with E-state index in [9.17, 15) is 19.2 Å². The maximum atomic E-state index is 12.0. The van der Waals surface area contributed by atoms with Crippen LogP contribution in [0.5, 0.6) is 0 Å². The van der Waals surface area contributed by atoms with Gasteiger partial charge in [0, 0.05) is 42.2 Å². The van der Waals surface area contributed by atoms with Gasteiger partial charge in [-0.15, -0.1) is 0 Å². The summed E-state index contributed by atoms with van der Waals surface area (Å²) in [7, 11) is 3.51. The molecule has 3 amide bonds. The lowest BCUT2D eigenvalue weighted by molar-refractivity contribution is -0.141. The molecule has 0 bridgehead atoms. The highest BCUT2D eigenvalue weighted by atomic mass is 33.1. The van der Waals surface area contributed by atoms with Gasteiger partial charge >= 0.3 is 0 Å². The number of nitrogens with zero attached hydrogens (tertiary/aromatic N) is 1. The van der Waals surface area contributed by atoms with Crippen molar-refractivity contribution in [2.24, 2.45) is 5.92 Å². The minimum Gasteiger partial charge on any atom is -0.356 e. The molecule has 1 saturated heterocycles. The fourth-order valence-corrected chi connectivity index (χ4v) is 5.11. The lowest BCUT2D eigenvalue weighted by Crippen LogP contribution is -2.34. The number of likely N-dealkylation sites (tertiary alicyclic amines) is 1. The van der Waals surface area contributed by atoms with Crippen LogP contribution in [0.15, 0.2) is 0 Å². The van der Waals surface area contributed by atoms with Crippen LogP contribution in [0.4, 0.5) is 0 Å². The Morgan fingerprint density at radius 1 is 1.11 bits per heavy atom. The van der Waals surface area contributed by atoms with Gasteiger partial charge in [0.05, 0.1) is 6.54 Å². The molecule has 0 radical (unpaired) electrons. The van der Waals surface area contributed by atoms with Crippen LogP contribution in [0.3, 0.4) is 0 Å². The van der Waals surface area contributed by atoms with Crippen LogP contribution in [0, 0.1) is 5.92 Å². The first kappa shape index (κ1) is 24.0. The van der Waals surface area contributed by atoms with Crippen molar-refractivity contribution >= 4 is 45.1 Å². The summed E-state index contributed by atoms with van der Waals surface area (Å²) in [4.78, 5) is 47.9. The van der Waals surface area contributed by atoms with Gasteiger partial charge in [0.25, 0.3) is 0 Å². The number of hydrogen-bond acceptors (Lipinski definition) is 6. The summed E-state index contributed by atoms with van der Waals surface area (Å²) in [6.07, 6.45) is 3.16. The molecule has 0 aliphatic carbocycles. The number of carbonyl (C=O) groups excluding carboxylic acids is 4. The summed E-state index contributed by atoms with van der Waals surface area (Å²) in [6.45, 7) is 8.92. The summed E-state index contributed by atoms with van der Waals surface area (Å²) >= 11 is 0. The van der Waals surface area contributed by atoms with Crippen LogP contribution in [0.2, 0.25) is 0 Å². The van der Waals surface area contributed by atoms with Crippen molar-refractivity contribution < 1.29 is 19.2 Å². The van der Waals surface area contributed by atoms with Crippen LogP contribution in [-0.2, 0) is 19.2 Å². The minimum absolute atomic E-state index is 0.0260. The number of amides is 3. The van der Waals surface area contributed by atoms with Gasteiger partial charge in [-0.2, -0.15) is 0 Å². The highest BCUT2D eigenvalue weighted by Gasteiger charge is 2.30. The number of ketones is 1. The molecule has 0 aromatic heterocycles. The first-order chi connectivity index (χ1) is 12.6. The zero-order valence-corrected chi connectivity index (χ0v) is 18.5. The van der Waals surface area contributed by atoms with E-state index in [-0.39, 0.29) is 53.6 Å². The first-order valence-electron chi connectivity index (χ1n) is 9.53. The van der Waals surface area contributed by atoms with E-state index in [1.807, 2.05) is 6.92 Å². The van der Waals surface area contributed by atoms with Crippen LogP contribution < -0.4 is 5.32 Å². The lowest BCUT2D eigenvalue weighted by Gasteiger charge is -2.18. The zero-order chi connectivity index (χ0) is 20.4. The van der Waals surface area contributed by atoms with E-state index in [0.717, 1.165) is 23.5 Å². The van der Waals surface area contributed by atoms with Gasteiger partial charge < -0.3 is 5.32 Å². The third kappa shape index (κ3) is 10.2. The van der Waals surface area contributed by atoms with E-state index < -0.39 is 0 Å². The second kappa shape index (κ2) is 11.7. The van der Waals surface area contributed by atoms with E-state index in [1.165, 1.54) is 0 Å². The molecule has 154 valence electrons. The monoisotopic (exact) mass is 416 g/mol. The van der Waals surface area contributed by atoms with Crippen molar-refractivity contribution in [2.45, 2.75) is 71.0 Å². The molecule has 1 rings (SSSR count). The van der Waals surface area contributed by atoms with E-state index in [2.05, 4.69) is 26.1 Å². The second-order valence-electron chi connectivity index (χ2n) is 7.90. The molecule has 1 N–H and O–H groups in total. The van der Waals surface area contributed by atoms with Crippen LogP contribution in [0.25, 0.3) is 0 Å². The van der Waals surface area contributed by atoms with Crippen molar-refractivity contribution in [3.05, 3.63) is 0 Å². The van der Waals surface area contributed by atoms with E-state index in [0.29, 0.717) is 19.4 Å². The minimum atomic E-state index is -0.246. The number of imide groups is 1. The van der Waals surface area contributed by atoms with Crippen molar-refractivity contribution in [3.63, 3.8) is 0 Å². The number of unbranched alkanes of at least 4 members (excludes halogenated alkanes) is 2. The second-order valence-corrected chi connectivity index (χ2v) is 11.1. The molecule has 27 heavy (non-hydrogen) atoms. The Morgan fingerprint density at radius 3 is 2.33 bits per heavy atom. The highest BCUT2D eigenvalue weighted by Crippen LogP contribution is 2.35. The van der Waals surface area contributed by atoms with Gasteiger partial charge in [0.1, 0.15) is 0 Å². The Labute approximate surface area is 170 Å². The summed E-state index contributed by atoms with van der Waals surface area (Å²) in [5.74, 6) is 0.259. The summed E-state index contributed by atoms with van der Waals surface area (Å²) in [6, 6.07) is 0. The molecule has 0 saturated carbocycles. The molecule has 1 fully saturated rings. The molecule has 6 nitrogen and oxygen atoms in total. The van der Waals surface area contributed by atoms with Crippen molar-refractivity contribution in [1.29, 1.82) is 0 Å². The van der Waals surface area contributed by atoms with Crippen molar-refractivity contribution in [2.75, 3.05) is 18.8 Å². The number of rotatable bonds is 12. The quantitative estimate of drug-likeness (QED) is 0.299. The predicted molar refractivity (Wildman–Crippen MR) is 111 cm³/mol. The largest absolute Gasteiger partial charge is 0.356 e. The third-order valence-electron chi connectivity index (χ3n) is 4.00. The molecule has 1 heterocycles. The third-order valence-corrected chi connectivity index (χ3v) is 7.51. The smallest absolute Gasteiger partial charge is 0.230 e. The SMILES string of the molecule is CC(CSSC(C)(C)C)C(=O)NCCCCCC(=O)CN1C(=O)CCC1=O. The van der Waals surface area contributed by atoms with Crippen LogP contribution in [0.1, 0.15) is 66.2 Å². The van der Waals surface area contributed by atoms with Crippen LogP contribution in [-0.4, -0.2) is 52.0 Å². The van der Waals surface area contributed by atoms with Crippen molar-refractivity contribution in [3.8, 4) is 0 Å². The van der Waals surface area contributed by atoms with E-state index in [4.69, 9.17) is 0 Å². The topological polar surface area (TPSA) is 83.6 Å². The summed E-state index contributed by atoms with van der Waals surface area (Å²) in [5.41, 5.74) is 0. The van der Waals surface area contributed by atoms with Gasteiger partial charge in [-0.25, -0.2) is 0 Å². The van der Waals surface area contributed by atoms with Crippen molar-refractivity contribution in [1.82, 2.24) is 10.2 Å². The van der Waals surface area contributed by atoms with E-state index >= 15 is 0 Å². The maximum absolute atomic E-state index is 12.0. The number of hydrogen-bond donors (Lipinski definition) is 1. The fourth-order valence-electron chi connectivity index (χ4n) is 2.45. The fraction of sp³-hybridized carbons (Fsp3) is 0.789. The molecule has 1 aliphatic rings. The maximum Gasteiger partial charge on any atom is 0.230 e.